The van der Waals surface area contributed by atoms with Crippen molar-refractivity contribution in [1.82, 2.24) is 9.55 Å². The molecule has 2 aliphatic rings. The number of benzene rings is 2. The Kier molecular flexibility index (Phi) is 5.83. The molecule has 1 fully saturated rings. The summed E-state index contributed by atoms with van der Waals surface area (Å²) in [5, 5.41) is 0. The van der Waals surface area contributed by atoms with E-state index in [1.54, 1.807) is 4.57 Å². The van der Waals surface area contributed by atoms with Gasteiger partial charge in [0.15, 0.2) is 12.1 Å². The second-order valence-electron chi connectivity index (χ2n) is 7.40. The third-order valence-corrected chi connectivity index (χ3v) is 4.97. The highest BCUT2D eigenvalue weighted by Gasteiger charge is 2.18. The summed E-state index contributed by atoms with van der Waals surface area (Å²) in [6.45, 7) is 5.58. The molecule has 2 aliphatic heterocycles. The molecule has 0 atom stereocenters. The van der Waals surface area contributed by atoms with Crippen LogP contribution in [0.3, 0.4) is 0 Å². The van der Waals surface area contributed by atoms with Crippen molar-refractivity contribution in [2.75, 3.05) is 13.2 Å². The maximum atomic E-state index is 11.9. The topological polar surface area (TPSA) is 82.8 Å². The minimum Gasteiger partial charge on any atom is -0.348 e. The van der Waals surface area contributed by atoms with Crippen molar-refractivity contribution in [2.24, 2.45) is 4.99 Å². The Hall–Kier alpha value is -3.16. The Labute approximate surface area is 174 Å². The highest BCUT2D eigenvalue weighted by atomic mass is 16.7. The largest absolute Gasteiger partial charge is 0.348 e. The van der Waals surface area contributed by atoms with Crippen LogP contribution in [0, 0.1) is 13.8 Å². The molecular weight excluding hydrogens is 382 g/mol. The van der Waals surface area contributed by atoms with Gasteiger partial charge < -0.3 is 14.0 Å². The van der Waals surface area contributed by atoms with E-state index in [1.165, 1.54) is 18.0 Å². The van der Waals surface area contributed by atoms with Crippen LogP contribution in [0.2, 0.25) is 0 Å². The molecule has 5 rings (SSSR count). The van der Waals surface area contributed by atoms with E-state index in [2.05, 4.69) is 9.98 Å². The summed E-state index contributed by atoms with van der Waals surface area (Å²) in [6.07, 6.45) is 2.90. The van der Waals surface area contributed by atoms with Crippen LogP contribution in [0.25, 0.3) is 11.0 Å². The van der Waals surface area contributed by atoms with E-state index in [-0.39, 0.29) is 17.6 Å². The first-order valence-corrected chi connectivity index (χ1v) is 9.85. The summed E-state index contributed by atoms with van der Waals surface area (Å²) in [5.41, 5.74) is 5.74. The zero-order valence-corrected chi connectivity index (χ0v) is 17.0. The Balaban J connectivity index is 0.000000158. The lowest BCUT2D eigenvalue weighted by Crippen LogP contribution is -2.27. The average molecular weight is 405 g/mol. The van der Waals surface area contributed by atoms with Crippen molar-refractivity contribution in [1.29, 1.82) is 0 Å². The number of ketones is 1. The molecule has 0 spiro atoms. The average Bonchev–Trinajstić information content (AvgIpc) is 3.24. The molecule has 0 unspecified atom stereocenters. The lowest BCUT2D eigenvalue weighted by atomic mass is 10.0. The minimum absolute atomic E-state index is 0.0908. The Morgan fingerprint density at radius 2 is 1.77 bits per heavy atom. The maximum absolute atomic E-state index is 11.9. The standard InChI is InChI=1S/C13H14N2O3.C10H9NO/c1-9-2-3-10-11(6-9)15(12(16)7-14-10)8-13-17-4-5-18-13;1-7-2-3-10-8(4-7)5-9(12)6-11-10/h2-3,6-7,13H,4-5,8H2,1H3;2-4,6H,5H2,1H3. The van der Waals surface area contributed by atoms with E-state index >= 15 is 0 Å². The number of aryl methyl sites for hydroxylation is 2. The molecule has 0 radical (unpaired) electrons. The quantitative estimate of drug-likeness (QED) is 0.655. The molecule has 1 aromatic heterocycles. The number of nitrogens with zero attached hydrogens (tertiary/aromatic N) is 3. The second-order valence-corrected chi connectivity index (χ2v) is 7.40. The first-order chi connectivity index (χ1) is 14.5. The molecule has 0 saturated carbocycles. The van der Waals surface area contributed by atoms with Gasteiger partial charge in [-0.2, -0.15) is 0 Å². The van der Waals surface area contributed by atoms with Crippen molar-refractivity contribution >= 4 is 28.7 Å². The zero-order valence-electron chi connectivity index (χ0n) is 17.0. The number of carbonyl (C=O) groups is 1. The molecule has 30 heavy (non-hydrogen) atoms. The van der Waals surface area contributed by atoms with E-state index in [1.807, 2.05) is 50.2 Å². The van der Waals surface area contributed by atoms with Gasteiger partial charge in [0, 0.05) is 6.42 Å². The number of hydrogen-bond donors (Lipinski definition) is 0. The third-order valence-electron chi connectivity index (χ3n) is 4.97. The van der Waals surface area contributed by atoms with Crippen LogP contribution in [-0.4, -0.2) is 41.1 Å². The molecule has 0 amide bonds. The Bertz CT molecular complexity index is 1180. The van der Waals surface area contributed by atoms with Gasteiger partial charge in [-0.25, -0.2) is 4.98 Å². The zero-order chi connectivity index (χ0) is 21.1. The van der Waals surface area contributed by atoms with E-state index in [4.69, 9.17) is 9.47 Å². The van der Waals surface area contributed by atoms with Crippen LogP contribution >= 0.6 is 0 Å². The normalized spacial score (nSPS) is 15.7. The smallest absolute Gasteiger partial charge is 0.269 e. The SMILES string of the molecule is Cc1ccc2c(c1)CC(=O)C=N2.Cc1ccc2ncc(=O)n(CC3OCCO3)c2c1. The highest BCUT2D eigenvalue weighted by molar-refractivity contribution is 6.29. The minimum atomic E-state index is -0.339. The molecule has 3 heterocycles. The fraction of sp³-hybridized carbons (Fsp3) is 0.304. The fourth-order valence-corrected chi connectivity index (χ4v) is 3.48. The first kappa shape index (κ1) is 20.1. The van der Waals surface area contributed by atoms with Crippen molar-refractivity contribution in [3.8, 4) is 0 Å². The molecule has 0 aliphatic carbocycles. The third kappa shape index (κ3) is 4.53. The Morgan fingerprint density at radius 3 is 2.57 bits per heavy atom. The highest BCUT2D eigenvalue weighted by Crippen LogP contribution is 2.23. The van der Waals surface area contributed by atoms with Crippen molar-refractivity contribution in [2.45, 2.75) is 33.1 Å². The molecule has 2 aromatic carbocycles. The van der Waals surface area contributed by atoms with Crippen molar-refractivity contribution in [3.05, 3.63) is 69.6 Å². The molecule has 154 valence electrons. The van der Waals surface area contributed by atoms with E-state index in [0.29, 0.717) is 26.2 Å². The summed E-state index contributed by atoms with van der Waals surface area (Å²) in [5.74, 6) is 0.0908. The molecule has 0 N–H and O–H groups in total. The summed E-state index contributed by atoms with van der Waals surface area (Å²) >= 11 is 0. The van der Waals surface area contributed by atoms with Gasteiger partial charge in [0.1, 0.15) is 0 Å². The number of hydrogen-bond acceptors (Lipinski definition) is 6. The number of aliphatic imine (C=N–C) groups is 1. The fourth-order valence-electron chi connectivity index (χ4n) is 3.48. The van der Waals surface area contributed by atoms with Crippen LogP contribution in [0.5, 0.6) is 0 Å². The molecule has 3 aromatic rings. The van der Waals surface area contributed by atoms with Crippen molar-refractivity contribution < 1.29 is 14.3 Å². The van der Waals surface area contributed by atoms with Gasteiger partial charge in [-0.1, -0.05) is 23.8 Å². The van der Waals surface area contributed by atoms with E-state index in [9.17, 15) is 9.59 Å². The van der Waals surface area contributed by atoms with Crippen LogP contribution < -0.4 is 5.56 Å². The monoisotopic (exact) mass is 405 g/mol. The number of carbonyl (C=O) groups excluding carboxylic acids is 1. The summed E-state index contributed by atoms with van der Waals surface area (Å²) in [6, 6.07) is 11.8. The van der Waals surface area contributed by atoms with Crippen molar-refractivity contribution in [3.63, 3.8) is 0 Å². The second kappa shape index (κ2) is 8.69. The number of rotatable bonds is 2. The number of ether oxygens (including phenoxy) is 2. The van der Waals surface area contributed by atoms with Gasteiger partial charge in [0.05, 0.1) is 48.9 Å². The molecular formula is C23H23N3O4. The van der Waals surface area contributed by atoms with Gasteiger partial charge in [-0.15, -0.1) is 0 Å². The molecule has 0 bridgehead atoms. The summed E-state index contributed by atoms with van der Waals surface area (Å²) in [7, 11) is 0. The predicted molar refractivity (Wildman–Crippen MR) is 114 cm³/mol. The van der Waals surface area contributed by atoms with Crippen LogP contribution in [0.1, 0.15) is 16.7 Å². The van der Waals surface area contributed by atoms with Gasteiger partial charge in [0.25, 0.3) is 5.56 Å². The first-order valence-electron chi connectivity index (χ1n) is 9.85. The number of fused-ring (bicyclic) bond motifs is 2. The lowest BCUT2D eigenvalue weighted by molar-refractivity contribution is -0.112. The lowest BCUT2D eigenvalue weighted by Gasteiger charge is -2.13. The van der Waals surface area contributed by atoms with E-state index in [0.717, 1.165) is 27.8 Å². The number of aromatic nitrogens is 2. The predicted octanol–water partition coefficient (Wildman–Crippen LogP) is 2.90. The Morgan fingerprint density at radius 1 is 1.03 bits per heavy atom. The molecule has 1 saturated heterocycles. The van der Waals surface area contributed by atoms with Gasteiger partial charge in [-0.3, -0.25) is 14.6 Å². The number of Topliss-reactive ketones (excluding diaryl/α,β-unsaturated/α-hetero) is 1. The van der Waals surface area contributed by atoms with Gasteiger partial charge in [-0.05, 0) is 43.2 Å². The summed E-state index contributed by atoms with van der Waals surface area (Å²) in [4.78, 5) is 31.1. The molecule has 7 heteroatoms. The summed E-state index contributed by atoms with van der Waals surface area (Å²) < 4.78 is 12.4. The maximum Gasteiger partial charge on any atom is 0.269 e. The van der Waals surface area contributed by atoms with E-state index < -0.39 is 0 Å². The van der Waals surface area contributed by atoms with Crippen LogP contribution in [0.15, 0.2) is 52.4 Å². The van der Waals surface area contributed by atoms with Gasteiger partial charge >= 0.3 is 0 Å². The van der Waals surface area contributed by atoms with Crippen LogP contribution in [-0.2, 0) is 27.2 Å². The molecule has 7 nitrogen and oxygen atoms in total. The van der Waals surface area contributed by atoms with Gasteiger partial charge in [0.2, 0.25) is 0 Å². The van der Waals surface area contributed by atoms with Crippen LogP contribution in [0.4, 0.5) is 5.69 Å².